The third-order valence-corrected chi connectivity index (χ3v) is 10.4. The summed E-state index contributed by atoms with van der Waals surface area (Å²) in [6.45, 7) is 19.0. The molecular weight excluding hydrogens is 776 g/mol. The van der Waals surface area contributed by atoms with Gasteiger partial charge in [-0.2, -0.15) is 8.78 Å². The average molecular weight is 832 g/mol. The molecule has 0 radical (unpaired) electrons. The highest BCUT2D eigenvalue weighted by Crippen LogP contribution is 2.43. The number of rotatable bonds is 8. The summed E-state index contributed by atoms with van der Waals surface area (Å²) in [5.74, 6) is -0.577. The molecule has 8 nitrogen and oxygen atoms in total. The van der Waals surface area contributed by atoms with Crippen LogP contribution in [0.4, 0.5) is 8.78 Å². The Balaban J connectivity index is 0.000000251. The number of aliphatic hydroxyl groups is 2. The number of carbonyl (C=O) groups is 2. The van der Waals surface area contributed by atoms with Crippen molar-refractivity contribution in [3.8, 4) is 28.1 Å². The van der Waals surface area contributed by atoms with Gasteiger partial charge in [-0.25, -0.2) is 0 Å². The normalized spacial score (nSPS) is 17.8. The summed E-state index contributed by atoms with van der Waals surface area (Å²) < 4.78 is 40.9. The van der Waals surface area contributed by atoms with Gasteiger partial charge in [0.1, 0.15) is 39.7 Å². The molecule has 3 heterocycles. The zero-order chi connectivity index (χ0) is 44.2. The average Bonchev–Trinajstić information content (AvgIpc) is 3.17. The summed E-state index contributed by atoms with van der Waals surface area (Å²) in [7, 11) is 0. The molecule has 0 saturated carbocycles. The van der Waals surface area contributed by atoms with Gasteiger partial charge in [0, 0.05) is 11.8 Å². The summed E-state index contributed by atoms with van der Waals surface area (Å²) in [5, 5.41) is 22.3. The van der Waals surface area contributed by atoms with Gasteiger partial charge >= 0.3 is 6.61 Å². The molecule has 6 rings (SSSR count). The topological polar surface area (TPSA) is 115 Å². The quantitative estimate of drug-likeness (QED) is 0.180. The van der Waals surface area contributed by atoms with E-state index in [1.54, 1.807) is 79.8 Å². The Bertz CT molecular complexity index is 2240. The number of pyridine rings is 1. The van der Waals surface area contributed by atoms with E-state index in [1.807, 2.05) is 70.2 Å². The number of alkyl halides is 2. The molecule has 0 saturated heterocycles. The minimum Gasteiger partial charge on any atom is -0.508 e. The molecule has 2 aliphatic heterocycles. The number of ketones is 2. The molecule has 0 bridgehead atoms. The third kappa shape index (κ3) is 10.1. The van der Waals surface area contributed by atoms with Gasteiger partial charge in [-0.15, -0.1) is 0 Å². The van der Waals surface area contributed by atoms with Gasteiger partial charge in [0.25, 0.3) is 0 Å². The van der Waals surface area contributed by atoms with E-state index in [0.29, 0.717) is 22.6 Å². The lowest BCUT2D eigenvalue weighted by molar-refractivity contribution is -0.158. The molecule has 4 aromatic rings. The summed E-state index contributed by atoms with van der Waals surface area (Å²) in [6.07, 6.45) is 2.99. The van der Waals surface area contributed by atoms with Crippen LogP contribution < -0.4 is 4.74 Å². The maximum Gasteiger partial charge on any atom is 0.387 e. The largest absolute Gasteiger partial charge is 0.508 e. The number of ether oxygens (including phenoxy) is 3. The second-order valence-electron chi connectivity index (χ2n) is 16.1. The maximum atomic E-state index is 13.2. The highest BCUT2D eigenvalue weighted by molar-refractivity contribution is 6.30. The van der Waals surface area contributed by atoms with E-state index in [0.717, 1.165) is 45.5 Å². The number of Topliss-reactive ketones (excluding diaryl/α,β-unsaturated/α-hetero) is 2. The second-order valence-corrected chi connectivity index (χ2v) is 16.5. The number of hydrogen-bond donors (Lipinski definition) is 2. The van der Waals surface area contributed by atoms with Crippen molar-refractivity contribution in [2.45, 2.75) is 125 Å². The fourth-order valence-electron chi connectivity index (χ4n) is 7.33. The molecular formula is C48H56ClF2NO7. The van der Waals surface area contributed by atoms with Crippen LogP contribution in [0.2, 0.25) is 5.02 Å². The maximum absolute atomic E-state index is 13.2. The Labute approximate surface area is 351 Å². The van der Waals surface area contributed by atoms with Gasteiger partial charge in [-0.05, 0) is 138 Å². The molecule has 3 aromatic carbocycles. The van der Waals surface area contributed by atoms with Crippen molar-refractivity contribution in [3.05, 3.63) is 118 Å². The molecule has 1 aromatic heterocycles. The van der Waals surface area contributed by atoms with Crippen molar-refractivity contribution in [1.82, 2.24) is 4.98 Å². The molecule has 0 amide bonds. The molecule has 0 spiro atoms. The van der Waals surface area contributed by atoms with Crippen LogP contribution in [-0.2, 0) is 31.9 Å². The lowest BCUT2D eigenvalue weighted by atomic mass is 9.80. The van der Waals surface area contributed by atoms with Crippen LogP contribution in [0.5, 0.6) is 5.75 Å². The first-order valence-electron chi connectivity index (χ1n) is 19.8. The molecule has 11 heteroatoms. The number of halogens is 3. The van der Waals surface area contributed by atoms with E-state index >= 15 is 0 Å². The van der Waals surface area contributed by atoms with Gasteiger partial charge in [0.2, 0.25) is 0 Å². The third-order valence-electron chi connectivity index (χ3n) is 10.1. The van der Waals surface area contributed by atoms with E-state index in [4.69, 9.17) is 21.1 Å². The van der Waals surface area contributed by atoms with Crippen LogP contribution >= 0.6 is 11.6 Å². The van der Waals surface area contributed by atoms with E-state index in [1.165, 1.54) is 12.1 Å². The highest BCUT2D eigenvalue weighted by atomic mass is 35.5. The fraction of sp³-hybridized carbons (Fsp3) is 0.396. The number of aliphatic hydroxyl groups excluding tert-OH is 2. The zero-order valence-electron chi connectivity index (χ0n) is 36.0. The number of aryl methyl sites for hydroxylation is 2. The number of carbonyl (C=O) groups excluding carboxylic acids is 2. The molecule has 2 aliphatic rings. The van der Waals surface area contributed by atoms with Crippen molar-refractivity contribution in [1.29, 1.82) is 0 Å². The van der Waals surface area contributed by atoms with Crippen molar-refractivity contribution in [2.75, 3.05) is 0 Å². The van der Waals surface area contributed by atoms with Crippen molar-refractivity contribution in [3.63, 3.8) is 0 Å². The summed E-state index contributed by atoms with van der Waals surface area (Å²) in [4.78, 5) is 30.7. The van der Waals surface area contributed by atoms with Gasteiger partial charge in [0.15, 0.2) is 11.6 Å². The van der Waals surface area contributed by atoms with Crippen LogP contribution in [0.25, 0.3) is 33.5 Å². The second kappa shape index (κ2) is 18.2. The van der Waals surface area contributed by atoms with E-state index in [-0.39, 0.29) is 34.4 Å². The number of nitrogens with zero attached hydrogens (tertiary/aromatic N) is 1. The molecule has 0 aliphatic carbocycles. The van der Waals surface area contributed by atoms with Crippen LogP contribution in [0.3, 0.4) is 0 Å². The van der Waals surface area contributed by atoms with Crippen LogP contribution in [0.1, 0.15) is 105 Å². The Hall–Kier alpha value is -4.90. The first kappa shape index (κ1) is 46.8. The Morgan fingerprint density at radius 3 is 1.47 bits per heavy atom. The van der Waals surface area contributed by atoms with Crippen LogP contribution in [0, 0.1) is 0 Å². The van der Waals surface area contributed by atoms with E-state index in [9.17, 15) is 28.6 Å². The minimum absolute atomic E-state index is 0.0391. The fourth-order valence-corrected chi connectivity index (χ4v) is 7.45. The molecule has 0 unspecified atom stereocenters. The monoisotopic (exact) mass is 831 g/mol. The molecule has 59 heavy (non-hydrogen) atoms. The standard InChI is InChI=1S/C24H26F2O4.C22H24ClNO3.C2H6/c1-6-14-7-8-16(15-9-11-17(12-10-15)29-22(25)26)13-18(14)19-20(27)23(2,3)30-24(4,5)21(19)28;1-6-13-7-8-14(17-10-9-15(23)12-24-17)11-16(13)18-19(25)21(2,3)27-22(4,5)20(18)26;1-2/h7-13,22,27H,6H2,1-5H3;7-12,25H,6H2,1-5H3;1-2H3. The predicted molar refractivity (Wildman–Crippen MR) is 231 cm³/mol. The molecule has 316 valence electrons. The Morgan fingerprint density at radius 2 is 1.07 bits per heavy atom. The zero-order valence-corrected chi connectivity index (χ0v) is 36.8. The smallest absolute Gasteiger partial charge is 0.387 e. The van der Waals surface area contributed by atoms with E-state index < -0.39 is 29.0 Å². The summed E-state index contributed by atoms with van der Waals surface area (Å²) in [6, 6.07) is 21.4. The molecule has 2 N–H and O–H groups in total. The SMILES string of the molecule is CC.CCc1ccc(-c2ccc(Cl)cn2)cc1C1=C(O)C(C)(C)OC(C)(C)C1=O.CCc1ccc(-c2ccc(OC(F)F)cc2)cc1C1=C(O)C(C)(C)OC(C)(C)C1=O. The Kier molecular flexibility index (Phi) is 14.4. The number of aromatic nitrogens is 1. The van der Waals surface area contributed by atoms with Crippen molar-refractivity contribution >= 4 is 34.3 Å². The lowest BCUT2D eigenvalue weighted by Crippen LogP contribution is -2.49. The lowest BCUT2D eigenvalue weighted by Gasteiger charge is -2.40. The highest BCUT2D eigenvalue weighted by Gasteiger charge is 2.48. The van der Waals surface area contributed by atoms with Crippen LogP contribution in [0.15, 0.2) is 90.5 Å². The summed E-state index contributed by atoms with van der Waals surface area (Å²) >= 11 is 5.94. The van der Waals surface area contributed by atoms with Crippen LogP contribution in [-0.4, -0.2) is 55.8 Å². The van der Waals surface area contributed by atoms with Crippen molar-refractivity contribution in [2.24, 2.45) is 0 Å². The summed E-state index contributed by atoms with van der Waals surface area (Å²) in [5.41, 5.74) is 2.95. The van der Waals surface area contributed by atoms with Gasteiger partial charge < -0.3 is 24.4 Å². The Morgan fingerprint density at radius 1 is 0.644 bits per heavy atom. The predicted octanol–water partition coefficient (Wildman–Crippen LogP) is 12.4. The van der Waals surface area contributed by atoms with Crippen molar-refractivity contribution < 1.29 is 42.8 Å². The van der Waals surface area contributed by atoms with Gasteiger partial charge in [-0.1, -0.05) is 75.7 Å². The minimum atomic E-state index is -2.88. The molecule has 0 atom stereocenters. The first-order valence-corrected chi connectivity index (χ1v) is 20.2. The van der Waals surface area contributed by atoms with E-state index in [2.05, 4.69) is 9.72 Å². The number of benzene rings is 3. The van der Waals surface area contributed by atoms with Gasteiger partial charge in [-0.3, -0.25) is 14.6 Å². The van der Waals surface area contributed by atoms with Gasteiger partial charge in [0.05, 0.1) is 21.9 Å². The number of hydrogen-bond acceptors (Lipinski definition) is 8. The molecule has 0 fully saturated rings. The first-order chi connectivity index (χ1) is 27.5.